The van der Waals surface area contributed by atoms with Gasteiger partial charge in [-0.15, -0.1) is 0 Å². The standard InChI is InChI=1S/C31H36ClN3O5S/c1-4-5-6-7-8-9-10-11-12-13-14-38-40-41-25-15-21(2)28(22(3)16-25)29-30(36)35(31(37)39-29)27-18-24(20-34)23(19-33)17-26(27)32/h15-18,29H,4-14H2,1-3H3. The maximum absolute atomic E-state index is 13.3. The molecule has 1 heterocycles. The zero-order chi connectivity index (χ0) is 29.8. The van der Waals surface area contributed by atoms with E-state index >= 15 is 0 Å². The first kappa shape index (κ1) is 32.4. The summed E-state index contributed by atoms with van der Waals surface area (Å²) < 4.78 is 10.8. The van der Waals surface area contributed by atoms with E-state index in [2.05, 4.69) is 6.92 Å². The summed E-state index contributed by atoms with van der Waals surface area (Å²) >= 11 is 7.35. The largest absolute Gasteiger partial charge is 0.430 e. The van der Waals surface area contributed by atoms with Crippen LogP contribution in [0.15, 0.2) is 29.2 Å². The number of ether oxygens (including phenoxy) is 1. The highest BCUT2D eigenvalue weighted by Gasteiger charge is 2.44. The Hall–Kier alpha value is -3.08. The molecule has 0 N–H and O–H groups in total. The number of rotatable bonds is 16. The number of nitrogens with zero attached hydrogens (tertiary/aromatic N) is 3. The minimum atomic E-state index is -1.17. The number of carbonyl (C=O) groups is 2. The fraction of sp³-hybridized carbons (Fsp3) is 0.484. The van der Waals surface area contributed by atoms with E-state index in [1.165, 1.54) is 63.5 Å². The minimum absolute atomic E-state index is 0.0000685. The zero-order valence-electron chi connectivity index (χ0n) is 23.8. The van der Waals surface area contributed by atoms with E-state index in [4.69, 9.17) is 25.6 Å². The molecule has 41 heavy (non-hydrogen) atoms. The molecular weight excluding hydrogens is 562 g/mol. The summed E-state index contributed by atoms with van der Waals surface area (Å²) in [7, 11) is 0. The average molecular weight is 598 g/mol. The Balaban J connectivity index is 1.51. The number of hydrogen-bond donors (Lipinski definition) is 0. The van der Waals surface area contributed by atoms with E-state index < -0.39 is 18.1 Å². The van der Waals surface area contributed by atoms with Crippen LogP contribution in [0.5, 0.6) is 0 Å². The van der Waals surface area contributed by atoms with Gasteiger partial charge in [0, 0.05) is 10.5 Å². The lowest BCUT2D eigenvalue weighted by Gasteiger charge is -2.16. The third-order valence-corrected chi connectivity index (χ3v) is 7.90. The van der Waals surface area contributed by atoms with Crippen molar-refractivity contribution in [3.8, 4) is 12.1 Å². The second-order valence-corrected chi connectivity index (χ2v) is 11.3. The van der Waals surface area contributed by atoms with Crippen LogP contribution in [0.1, 0.15) is 105 Å². The second-order valence-electron chi connectivity index (χ2n) is 10.1. The van der Waals surface area contributed by atoms with Gasteiger partial charge in [-0.3, -0.25) is 4.79 Å². The maximum atomic E-state index is 13.3. The Kier molecular flexibility index (Phi) is 13.0. The highest BCUT2D eigenvalue weighted by molar-refractivity contribution is 7.94. The molecule has 1 fully saturated rings. The molecule has 1 saturated heterocycles. The number of halogens is 1. The van der Waals surface area contributed by atoms with Gasteiger partial charge in [-0.1, -0.05) is 76.3 Å². The fourth-order valence-electron chi connectivity index (χ4n) is 4.87. The molecule has 8 nitrogen and oxygen atoms in total. The third kappa shape index (κ3) is 8.70. The molecule has 2 aromatic rings. The SMILES string of the molecule is CCCCCCCCCCCCOOSc1cc(C)c(C2OC(=O)N(c3cc(C#N)c(C#N)cc3Cl)C2=O)c(C)c1. The molecule has 1 aliphatic heterocycles. The number of hydrogen-bond acceptors (Lipinski definition) is 8. The van der Waals surface area contributed by atoms with Gasteiger partial charge in [-0.05, 0) is 55.7 Å². The van der Waals surface area contributed by atoms with Crippen LogP contribution in [0.4, 0.5) is 10.5 Å². The highest BCUT2D eigenvalue weighted by Crippen LogP contribution is 2.39. The van der Waals surface area contributed by atoms with Gasteiger partial charge >= 0.3 is 6.09 Å². The summed E-state index contributed by atoms with van der Waals surface area (Å²) in [6, 6.07) is 9.93. The molecule has 218 valence electrons. The molecule has 2 amide bonds. The Labute approximate surface area is 251 Å². The first-order valence-corrected chi connectivity index (χ1v) is 15.2. The summed E-state index contributed by atoms with van der Waals surface area (Å²) in [5.74, 6) is -0.631. The lowest BCUT2D eigenvalue weighted by molar-refractivity contribution is -0.191. The lowest BCUT2D eigenvalue weighted by atomic mass is 9.97. The van der Waals surface area contributed by atoms with Crippen molar-refractivity contribution in [1.29, 1.82) is 10.5 Å². The average Bonchev–Trinajstić information content (AvgIpc) is 3.23. The van der Waals surface area contributed by atoms with Crippen LogP contribution in [0.3, 0.4) is 0 Å². The molecule has 10 heteroatoms. The molecule has 0 spiro atoms. The number of cyclic esters (lactones) is 1. The number of unbranched alkanes of at least 4 members (excludes halogenated alkanes) is 9. The summed E-state index contributed by atoms with van der Waals surface area (Å²) in [6.45, 7) is 6.40. The Morgan fingerprint density at radius 1 is 0.902 bits per heavy atom. The Bertz CT molecular complexity index is 1300. The van der Waals surface area contributed by atoms with Crippen molar-refractivity contribution in [3.05, 3.63) is 57.1 Å². The normalized spacial score (nSPS) is 14.7. The van der Waals surface area contributed by atoms with Gasteiger partial charge in [0.05, 0.1) is 40.5 Å². The third-order valence-electron chi connectivity index (χ3n) is 7.00. The van der Waals surface area contributed by atoms with Crippen molar-refractivity contribution in [3.63, 3.8) is 0 Å². The predicted octanol–water partition coefficient (Wildman–Crippen LogP) is 8.80. The molecule has 0 saturated carbocycles. The topological polar surface area (TPSA) is 113 Å². The molecular formula is C31H36ClN3O5S. The van der Waals surface area contributed by atoms with Crippen molar-refractivity contribution < 1.29 is 23.5 Å². The number of aryl methyl sites for hydroxylation is 2. The number of imide groups is 1. The number of amides is 2. The smallest absolute Gasteiger partial charge is 0.422 e. The van der Waals surface area contributed by atoms with Crippen LogP contribution in [0.25, 0.3) is 0 Å². The van der Waals surface area contributed by atoms with Crippen molar-refractivity contribution in [1.82, 2.24) is 0 Å². The first-order valence-electron chi connectivity index (χ1n) is 14.1. The number of benzene rings is 2. The molecule has 0 radical (unpaired) electrons. The van der Waals surface area contributed by atoms with Crippen LogP contribution < -0.4 is 4.90 Å². The van der Waals surface area contributed by atoms with Gasteiger partial charge in [-0.2, -0.15) is 14.9 Å². The monoisotopic (exact) mass is 597 g/mol. The molecule has 0 aliphatic carbocycles. The van der Waals surface area contributed by atoms with Crippen LogP contribution in [0.2, 0.25) is 5.02 Å². The maximum Gasteiger partial charge on any atom is 0.422 e. The molecule has 1 atom stereocenters. The van der Waals surface area contributed by atoms with E-state index in [0.717, 1.165) is 45.8 Å². The number of carbonyl (C=O) groups excluding carboxylic acids is 2. The highest BCUT2D eigenvalue weighted by atomic mass is 35.5. The molecule has 0 bridgehead atoms. The Morgan fingerprint density at radius 2 is 1.46 bits per heavy atom. The first-order chi connectivity index (χ1) is 19.8. The van der Waals surface area contributed by atoms with Gasteiger partial charge in [0.25, 0.3) is 5.91 Å². The summed E-state index contributed by atoms with van der Waals surface area (Å²) in [5, 5.41) is 18.6. The van der Waals surface area contributed by atoms with Gasteiger partial charge in [0.15, 0.2) is 0 Å². The molecule has 1 unspecified atom stereocenters. The zero-order valence-corrected chi connectivity index (χ0v) is 25.4. The van der Waals surface area contributed by atoms with Gasteiger partial charge in [0.2, 0.25) is 6.10 Å². The number of nitriles is 2. The second kappa shape index (κ2) is 16.4. The van der Waals surface area contributed by atoms with E-state index in [1.54, 1.807) is 0 Å². The molecule has 0 aromatic heterocycles. The van der Waals surface area contributed by atoms with Gasteiger partial charge < -0.3 is 4.74 Å². The molecule has 2 aromatic carbocycles. The van der Waals surface area contributed by atoms with Crippen molar-refractivity contribution in [2.45, 2.75) is 96.0 Å². The molecule has 3 rings (SSSR count). The van der Waals surface area contributed by atoms with Crippen molar-refractivity contribution in [2.24, 2.45) is 0 Å². The lowest BCUT2D eigenvalue weighted by Crippen LogP contribution is -2.30. The van der Waals surface area contributed by atoms with Crippen molar-refractivity contribution >= 4 is 41.3 Å². The summed E-state index contributed by atoms with van der Waals surface area (Å²) in [6.07, 6.45) is 10.4. The number of anilines is 1. The predicted molar refractivity (Wildman–Crippen MR) is 158 cm³/mol. The van der Waals surface area contributed by atoms with Crippen LogP contribution in [0, 0.1) is 36.5 Å². The van der Waals surface area contributed by atoms with Gasteiger partial charge in [0.1, 0.15) is 12.1 Å². The summed E-state index contributed by atoms with van der Waals surface area (Å²) in [5.41, 5.74) is 2.08. The summed E-state index contributed by atoms with van der Waals surface area (Å²) in [4.78, 5) is 33.0. The van der Waals surface area contributed by atoms with E-state index in [-0.39, 0.29) is 21.8 Å². The van der Waals surface area contributed by atoms with Crippen LogP contribution in [-0.4, -0.2) is 18.6 Å². The molecule has 1 aliphatic rings. The van der Waals surface area contributed by atoms with Crippen LogP contribution in [-0.2, 0) is 18.8 Å². The van der Waals surface area contributed by atoms with E-state index in [1.807, 2.05) is 38.1 Å². The van der Waals surface area contributed by atoms with E-state index in [9.17, 15) is 20.1 Å². The quantitative estimate of drug-likeness (QED) is 0.0816. The van der Waals surface area contributed by atoms with E-state index in [0.29, 0.717) is 12.2 Å². The van der Waals surface area contributed by atoms with Gasteiger partial charge in [-0.25, -0.2) is 14.6 Å². The minimum Gasteiger partial charge on any atom is -0.430 e. The fourth-order valence-corrected chi connectivity index (χ4v) is 5.76. The van der Waals surface area contributed by atoms with Crippen molar-refractivity contribution in [2.75, 3.05) is 11.5 Å². The van der Waals surface area contributed by atoms with Crippen LogP contribution >= 0.6 is 23.6 Å². The Morgan fingerprint density at radius 3 is 2.05 bits per heavy atom.